The van der Waals surface area contributed by atoms with E-state index in [1.807, 2.05) is 6.08 Å². The van der Waals surface area contributed by atoms with Crippen molar-refractivity contribution in [1.29, 1.82) is 0 Å². The molecule has 0 aromatic rings. The van der Waals surface area contributed by atoms with Crippen LogP contribution in [-0.2, 0) is 9.59 Å². The monoisotopic (exact) mass is 359 g/mol. The summed E-state index contributed by atoms with van der Waals surface area (Å²) in [5, 5.41) is 3.04. The topological polar surface area (TPSA) is 46.2 Å². The van der Waals surface area contributed by atoms with Gasteiger partial charge in [-0.1, -0.05) is 39.0 Å². The summed E-state index contributed by atoms with van der Waals surface area (Å²) in [6.07, 6.45) is 9.68. The molecule has 3 aliphatic carbocycles. The summed E-state index contributed by atoms with van der Waals surface area (Å²) in [5.41, 5.74) is 1.35. The highest BCUT2D eigenvalue weighted by molar-refractivity contribution is 6.76. The van der Waals surface area contributed by atoms with Gasteiger partial charge in [-0.15, -0.1) is 0 Å². The van der Waals surface area contributed by atoms with Crippen molar-refractivity contribution >= 4 is 19.8 Å². The summed E-state index contributed by atoms with van der Waals surface area (Å²) in [6.45, 7) is 9.77. The van der Waals surface area contributed by atoms with Gasteiger partial charge < -0.3 is 5.32 Å². The molecule has 3 nitrogen and oxygen atoms in total. The molecule has 0 aromatic carbocycles. The predicted molar refractivity (Wildman–Crippen MR) is 103 cm³/mol. The molecule has 1 saturated heterocycles. The van der Waals surface area contributed by atoms with E-state index in [9.17, 15) is 9.59 Å². The average molecular weight is 360 g/mol. The number of hydrogen-bond donors (Lipinski definition) is 1. The molecule has 1 aliphatic heterocycles. The Balaban J connectivity index is 1.71. The summed E-state index contributed by atoms with van der Waals surface area (Å²) in [7, 11) is -1.16. The molecule has 4 heteroatoms. The minimum Gasteiger partial charge on any atom is -0.329 e. The molecule has 1 amide bonds. The molecule has 1 heterocycles. The number of piperidine rings is 1. The van der Waals surface area contributed by atoms with Gasteiger partial charge in [0.2, 0.25) is 5.91 Å². The number of allylic oxidation sites excluding steroid dienone is 2. The van der Waals surface area contributed by atoms with Crippen LogP contribution >= 0.6 is 0 Å². The summed E-state index contributed by atoms with van der Waals surface area (Å²) < 4.78 is 0. The third-order valence-electron chi connectivity index (χ3n) is 7.87. The fourth-order valence-corrected chi connectivity index (χ4v) is 9.83. The zero-order valence-corrected chi connectivity index (χ0v) is 17.3. The highest BCUT2D eigenvalue weighted by Gasteiger charge is 2.60. The van der Waals surface area contributed by atoms with Crippen molar-refractivity contribution in [3.63, 3.8) is 0 Å². The van der Waals surface area contributed by atoms with E-state index >= 15 is 0 Å². The van der Waals surface area contributed by atoms with E-state index in [0.29, 0.717) is 29.5 Å². The lowest BCUT2D eigenvalue weighted by atomic mass is 9.49. The van der Waals surface area contributed by atoms with Gasteiger partial charge in [-0.3, -0.25) is 9.59 Å². The van der Waals surface area contributed by atoms with Crippen LogP contribution in [0.2, 0.25) is 25.7 Å². The summed E-state index contributed by atoms with van der Waals surface area (Å²) >= 11 is 0. The molecule has 0 bridgehead atoms. The maximum Gasteiger partial charge on any atom is 0.224 e. The lowest BCUT2D eigenvalue weighted by Gasteiger charge is -2.57. The van der Waals surface area contributed by atoms with E-state index in [0.717, 1.165) is 12.1 Å². The van der Waals surface area contributed by atoms with Crippen LogP contribution in [-0.4, -0.2) is 19.8 Å². The predicted octanol–water partition coefficient (Wildman–Crippen LogP) is 4.52. The largest absolute Gasteiger partial charge is 0.329 e. The van der Waals surface area contributed by atoms with Crippen LogP contribution in [0.15, 0.2) is 11.8 Å². The van der Waals surface area contributed by atoms with Crippen LogP contribution in [0.3, 0.4) is 0 Å². The van der Waals surface area contributed by atoms with Crippen LogP contribution in [0.1, 0.15) is 51.9 Å². The number of hydrogen-bond acceptors (Lipinski definition) is 2. The van der Waals surface area contributed by atoms with Gasteiger partial charge in [-0.2, -0.15) is 0 Å². The lowest BCUT2D eigenvalue weighted by molar-refractivity contribution is -0.134. The molecule has 3 fully saturated rings. The maximum absolute atomic E-state index is 13.2. The number of carbonyl (C=O) groups is 2. The summed E-state index contributed by atoms with van der Waals surface area (Å²) in [6, 6.07) is 1.38. The quantitative estimate of drug-likeness (QED) is 0.737. The van der Waals surface area contributed by atoms with E-state index < -0.39 is 8.07 Å². The first-order valence-corrected chi connectivity index (χ1v) is 13.9. The van der Waals surface area contributed by atoms with E-state index in [-0.39, 0.29) is 17.2 Å². The van der Waals surface area contributed by atoms with Gasteiger partial charge in [0, 0.05) is 37.6 Å². The third-order valence-corrected chi connectivity index (χ3v) is 9.64. The second kappa shape index (κ2) is 5.55. The normalized spacial score (nSPS) is 43.7. The van der Waals surface area contributed by atoms with Crippen LogP contribution < -0.4 is 5.32 Å². The molecular weight excluding hydrogens is 326 g/mol. The van der Waals surface area contributed by atoms with Gasteiger partial charge in [-0.25, -0.2) is 0 Å². The SMILES string of the molecule is C[C@]12CCC(=O)NC1=CC(=O)[C@H]1[C@@H]3CCC[C@@]3(C[Si](C)(C)C)CC[C@@H]12. The first-order chi connectivity index (χ1) is 11.6. The Bertz CT molecular complexity index is 649. The molecular formula is C21H33NO2Si. The van der Waals surface area contributed by atoms with Gasteiger partial charge in [0.05, 0.1) is 0 Å². The second-order valence-electron chi connectivity index (χ2n) is 10.7. The van der Waals surface area contributed by atoms with Crippen LogP contribution in [0.25, 0.3) is 0 Å². The van der Waals surface area contributed by atoms with E-state index in [2.05, 4.69) is 31.9 Å². The van der Waals surface area contributed by atoms with Crippen molar-refractivity contribution < 1.29 is 9.59 Å². The molecule has 0 spiro atoms. The molecule has 4 rings (SSSR count). The van der Waals surface area contributed by atoms with E-state index in [1.54, 1.807) is 0 Å². The van der Waals surface area contributed by atoms with Gasteiger partial charge in [0.25, 0.3) is 0 Å². The van der Waals surface area contributed by atoms with Crippen molar-refractivity contribution in [3.05, 3.63) is 11.8 Å². The number of fused-ring (bicyclic) bond motifs is 5. The number of ketones is 1. The zero-order valence-electron chi connectivity index (χ0n) is 16.3. The first kappa shape index (κ1) is 17.5. The van der Waals surface area contributed by atoms with Crippen molar-refractivity contribution in [2.24, 2.45) is 28.6 Å². The minimum atomic E-state index is -1.16. The van der Waals surface area contributed by atoms with Gasteiger partial charge in [-0.05, 0) is 49.4 Å². The Hall–Kier alpha value is -0.903. The fraction of sp³-hybridized carbons (Fsp3) is 0.810. The van der Waals surface area contributed by atoms with Crippen molar-refractivity contribution in [2.45, 2.75) is 77.6 Å². The van der Waals surface area contributed by atoms with Crippen molar-refractivity contribution in [3.8, 4) is 0 Å². The molecule has 138 valence electrons. The number of amides is 1. The van der Waals surface area contributed by atoms with Crippen LogP contribution in [0, 0.1) is 28.6 Å². The average Bonchev–Trinajstić information content (AvgIpc) is 2.90. The van der Waals surface area contributed by atoms with Gasteiger partial charge in [0.15, 0.2) is 5.78 Å². The second-order valence-corrected chi connectivity index (χ2v) is 16.2. The molecule has 25 heavy (non-hydrogen) atoms. The fourth-order valence-electron chi connectivity index (χ4n) is 7.10. The molecule has 0 unspecified atom stereocenters. The Kier molecular flexibility index (Phi) is 3.88. The van der Waals surface area contributed by atoms with Crippen molar-refractivity contribution in [1.82, 2.24) is 5.32 Å². The summed E-state index contributed by atoms with van der Waals surface area (Å²) in [5.74, 6) is 1.61. The third kappa shape index (κ3) is 2.67. The van der Waals surface area contributed by atoms with Gasteiger partial charge in [0.1, 0.15) is 0 Å². The number of carbonyl (C=O) groups excluding carboxylic acids is 2. The Labute approximate surface area is 153 Å². The Morgan fingerprint density at radius 1 is 1.12 bits per heavy atom. The zero-order chi connectivity index (χ0) is 18.0. The smallest absolute Gasteiger partial charge is 0.224 e. The maximum atomic E-state index is 13.2. The van der Waals surface area contributed by atoms with Crippen LogP contribution in [0.5, 0.6) is 0 Å². The molecule has 0 radical (unpaired) electrons. The molecule has 0 aromatic heterocycles. The Morgan fingerprint density at radius 2 is 1.88 bits per heavy atom. The van der Waals surface area contributed by atoms with Crippen LogP contribution in [0.4, 0.5) is 0 Å². The highest BCUT2D eigenvalue weighted by atomic mass is 28.3. The molecule has 5 atom stereocenters. The molecule has 4 aliphatic rings. The van der Waals surface area contributed by atoms with E-state index in [4.69, 9.17) is 0 Å². The number of rotatable bonds is 2. The number of nitrogens with one attached hydrogen (secondary N) is 1. The standard InChI is InChI=1S/C21H33NO2Si/c1-20-10-8-18(24)22-17(20)12-16(23)19-14(20)7-11-21(13-25(2,3)4)9-5-6-15(19)21/h12,14-15,19H,5-11,13H2,1-4H3,(H,22,24)/t14-,15-,19+,20+,21-/m0/s1. The summed E-state index contributed by atoms with van der Waals surface area (Å²) in [4.78, 5) is 25.0. The van der Waals surface area contributed by atoms with Crippen molar-refractivity contribution in [2.75, 3.05) is 0 Å². The Morgan fingerprint density at radius 3 is 2.60 bits per heavy atom. The minimum absolute atomic E-state index is 0.000395. The molecule has 2 saturated carbocycles. The van der Waals surface area contributed by atoms with E-state index in [1.165, 1.54) is 38.1 Å². The highest BCUT2D eigenvalue weighted by Crippen LogP contribution is 2.65. The molecule has 1 N–H and O–H groups in total. The first-order valence-electron chi connectivity index (χ1n) is 10.2. The van der Waals surface area contributed by atoms with Gasteiger partial charge >= 0.3 is 0 Å². The lowest BCUT2D eigenvalue weighted by Crippen LogP contribution is -2.56.